The Hall–Kier alpha value is -2.25. The number of carbonyl (C=O) groups excluding carboxylic acids is 1. The summed E-state index contributed by atoms with van der Waals surface area (Å²) in [5, 5.41) is 2.69. The van der Waals surface area contributed by atoms with E-state index in [1.807, 2.05) is 30.3 Å². The summed E-state index contributed by atoms with van der Waals surface area (Å²) >= 11 is 0. The van der Waals surface area contributed by atoms with Gasteiger partial charge >= 0.3 is 0 Å². The molecule has 0 spiro atoms. The molecule has 0 radical (unpaired) electrons. The predicted octanol–water partition coefficient (Wildman–Crippen LogP) is 1.81. The first-order valence-electron chi connectivity index (χ1n) is 7.04. The van der Waals surface area contributed by atoms with Gasteiger partial charge in [0.25, 0.3) is 0 Å². The van der Waals surface area contributed by atoms with Crippen LogP contribution in [0.25, 0.3) is 0 Å². The molecule has 0 heterocycles. The van der Waals surface area contributed by atoms with Crippen LogP contribution in [0.1, 0.15) is 12.0 Å². The molecule has 2 N–H and O–H groups in total. The summed E-state index contributed by atoms with van der Waals surface area (Å²) in [5.74, 6) is -1.11. The lowest BCUT2D eigenvalue weighted by Gasteiger charge is -2.08. The van der Waals surface area contributed by atoms with Crippen LogP contribution in [0.2, 0.25) is 0 Å². The Balaban J connectivity index is 1.80. The maximum Gasteiger partial charge on any atom is 0.243 e. The summed E-state index contributed by atoms with van der Waals surface area (Å²) in [5.41, 5.74) is 0.952. The fourth-order valence-electron chi connectivity index (χ4n) is 1.92. The molecule has 1 amide bonds. The molecule has 2 rings (SSSR count). The summed E-state index contributed by atoms with van der Waals surface area (Å²) < 4.78 is 39.6. The van der Waals surface area contributed by atoms with Gasteiger partial charge in [-0.2, -0.15) is 0 Å². The number of halogens is 1. The Kier molecular flexibility index (Phi) is 5.84. The van der Waals surface area contributed by atoms with Gasteiger partial charge in [-0.05, 0) is 17.7 Å². The van der Waals surface area contributed by atoms with Crippen LogP contribution >= 0.6 is 0 Å². The van der Waals surface area contributed by atoms with Crippen LogP contribution in [0.5, 0.6) is 0 Å². The number of nitrogens with one attached hydrogen (secondary N) is 2. The first-order valence-corrected chi connectivity index (χ1v) is 8.52. The predicted molar refractivity (Wildman–Crippen MR) is 84.5 cm³/mol. The first kappa shape index (κ1) is 17.1. The highest BCUT2D eigenvalue weighted by atomic mass is 32.2. The molecule has 0 saturated carbocycles. The third-order valence-electron chi connectivity index (χ3n) is 3.10. The van der Waals surface area contributed by atoms with E-state index in [-0.39, 0.29) is 18.9 Å². The van der Waals surface area contributed by atoms with Crippen molar-refractivity contribution in [1.29, 1.82) is 0 Å². The molecule has 2 aromatic carbocycles. The molecule has 0 aliphatic heterocycles. The van der Waals surface area contributed by atoms with Crippen molar-refractivity contribution in [3.63, 3.8) is 0 Å². The normalized spacial score (nSPS) is 11.2. The Morgan fingerprint density at radius 2 is 1.65 bits per heavy atom. The monoisotopic (exact) mass is 336 g/mol. The van der Waals surface area contributed by atoms with Crippen molar-refractivity contribution in [2.75, 3.05) is 6.54 Å². The highest BCUT2D eigenvalue weighted by Gasteiger charge is 2.18. The SMILES string of the molecule is O=C(CCNS(=O)(=O)c1ccccc1F)NCc1ccccc1. The fraction of sp³-hybridized carbons (Fsp3) is 0.188. The minimum absolute atomic E-state index is 0.0273. The Labute approximate surface area is 134 Å². The van der Waals surface area contributed by atoms with Gasteiger partial charge < -0.3 is 5.32 Å². The third kappa shape index (κ3) is 5.15. The van der Waals surface area contributed by atoms with Crippen molar-refractivity contribution < 1.29 is 17.6 Å². The van der Waals surface area contributed by atoms with Gasteiger partial charge in [-0.1, -0.05) is 42.5 Å². The number of hydrogen-bond donors (Lipinski definition) is 2. The topological polar surface area (TPSA) is 75.3 Å². The lowest BCUT2D eigenvalue weighted by Crippen LogP contribution is -2.31. The maximum absolute atomic E-state index is 13.5. The molecule has 0 bridgehead atoms. The van der Waals surface area contributed by atoms with Crippen molar-refractivity contribution in [3.05, 3.63) is 66.0 Å². The van der Waals surface area contributed by atoms with Crippen molar-refractivity contribution in [2.24, 2.45) is 0 Å². The maximum atomic E-state index is 13.5. The molecule has 0 aliphatic carbocycles. The van der Waals surface area contributed by atoms with Crippen LogP contribution in [0.15, 0.2) is 59.5 Å². The van der Waals surface area contributed by atoms with Crippen LogP contribution in [-0.4, -0.2) is 20.9 Å². The average molecular weight is 336 g/mol. The molecule has 0 atom stereocenters. The molecular weight excluding hydrogens is 319 g/mol. The molecule has 0 aromatic heterocycles. The van der Waals surface area contributed by atoms with Gasteiger partial charge in [-0.3, -0.25) is 4.79 Å². The largest absolute Gasteiger partial charge is 0.352 e. The summed E-state index contributed by atoms with van der Waals surface area (Å²) in [6, 6.07) is 14.4. The van der Waals surface area contributed by atoms with Gasteiger partial charge in [0.15, 0.2) is 0 Å². The lowest BCUT2D eigenvalue weighted by molar-refractivity contribution is -0.121. The van der Waals surface area contributed by atoms with Crippen molar-refractivity contribution in [1.82, 2.24) is 10.0 Å². The zero-order valence-electron chi connectivity index (χ0n) is 12.3. The van der Waals surface area contributed by atoms with E-state index in [1.165, 1.54) is 18.2 Å². The number of sulfonamides is 1. The molecule has 0 aliphatic rings. The molecule has 0 unspecified atom stereocenters. The summed E-state index contributed by atoms with van der Waals surface area (Å²) in [6.45, 7) is 0.275. The molecule has 7 heteroatoms. The minimum Gasteiger partial charge on any atom is -0.352 e. The van der Waals surface area contributed by atoms with Crippen LogP contribution in [0.4, 0.5) is 4.39 Å². The van der Waals surface area contributed by atoms with Crippen molar-refractivity contribution in [2.45, 2.75) is 17.9 Å². The van der Waals surface area contributed by atoms with E-state index in [1.54, 1.807) is 0 Å². The van der Waals surface area contributed by atoms with Gasteiger partial charge in [0.2, 0.25) is 15.9 Å². The van der Waals surface area contributed by atoms with Gasteiger partial charge in [0, 0.05) is 19.5 Å². The van der Waals surface area contributed by atoms with Gasteiger partial charge in [0.1, 0.15) is 10.7 Å². The molecule has 2 aromatic rings. The minimum atomic E-state index is -3.96. The number of carbonyl (C=O) groups is 1. The highest BCUT2D eigenvalue weighted by Crippen LogP contribution is 2.12. The number of benzene rings is 2. The van der Waals surface area contributed by atoms with Crippen molar-refractivity contribution in [3.8, 4) is 0 Å². The second-order valence-electron chi connectivity index (χ2n) is 4.84. The van der Waals surface area contributed by atoms with Crippen molar-refractivity contribution >= 4 is 15.9 Å². The molecular formula is C16H17FN2O3S. The fourth-order valence-corrected chi connectivity index (χ4v) is 3.03. The van der Waals surface area contributed by atoms with E-state index >= 15 is 0 Å². The number of amides is 1. The Morgan fingerprint density at radius 1 is 1.00 bits per heavy atom. The molecule has 122 valence electrons. The lowest BCUT2D eigenvalue weighted by atomic mass is 10.2. The van der Waals surface area contributed by atoms with Gasteiger partial charge in [-0.25, -0.2) is 17.5 Å². The average Bonchev–Trinajstić information content (AvgIpc) is 2.54. The highest BCUT2D eigenvalue weighted by molar-refractivity contribution is 7.89. The standard InChI is InChI=1S/C16H17FN2O3S/c17-14-8-4-5-9-15(14)23(21,22)19-11-10-16(20)18-12-13-6-2-1-3-7-13/h1-9,19H,10-12H2,(H,18,20). The number of hydrogen-bond acceptors (Lipinski definition) is 3. The summed E-state index contributed by atoms with van der Waals surface area (Å²) in [6.07, 6.45) is -0.0273. The Bertz CT molecular complexity index is 764. The Morgan fingerprint density at radius 3 is 2.35 bits per heavy atom. The second kappa shape index (κ2) is 7.85. The van der Waals surface area contributed by atoms with E-state index in [9.17, 15) is 17.6 Å². The van der Waals surface area contributed by atoms with Crippen LogP contribution in [0.3, 0.4) is 0 Å². The van der Waals surface area contributed by atoms with Crippen LogP contribution in [0, 0.1) is 5.82 Å². The van der Waals surface area contributed by atoms with E-state index < -0.39 is 20.7 Å². The van der Waals surface area contributed by atoms with E-state index in [4.69, 9.17) is 0 Å². The quantitative estimate of drug-likeness (QED) is 0.810. The molecule has 0 saturated heterocycles. The van der Waals surface area contributed by atoms with E-state index in [0.29, 0.717) is 6.54 Å². The molecule has 5 nitrogen and oxygen atoms in total. The first-order chi connectivity index (χ1) is 11.0. The second-order valence-corrected chi connectivity index (χ2v) is 6.58. The van der Waals surface area contributed by atoms with E-state index in [2.05, 4.69) is 10.0 Å². The summed E-state index contributed by atoms with van der Waals surface area (Å²) in [4.78, 5) is 11.3. The van der Waals surface area contributed by atoms with Crippen LogP contribution < -0.4 is 10.0 Å². The summed E-state index contributed by atoms with van der Waals surface area (Å²) in [7, 11) is -3.96. The smallest absolute Gasteiger partial charge is 0.243 e. The van der Waals surface area contributed by atoms with Crippen LogP contribution in [-0.2, 0) is 21.4 Å². The van der Waals surface area contributed by atoms with Gasteiger partial charge in [0.05, 0.1) is 0 Å². The molecule has 23 heavy (non-hydrogen) atoms. The third-order valence-corrected chi connectivity index (χ3v) is 4.60. The number of rotatable bonds is 7. The zero-order valence-corrected chi connectivity index (χ0v) is 13.1. The van der Waals surface area contributed by atoms with Gasteiger partial charge in [-0.15, -0.1) is 0 Å². The molecule has 0 fully saturated rings. The van der Waals surface area contributed by atoms with E-state index in [0.717, 1.165) is 11.6 Å². The zero-order chi connectivity index (χ0) is 16.7.